The molecule has 12 nitrogen and oxygen atoms in total. The Morgan fingerprint density at radius 3 is 1.25 bits per heavy atom. The van der Waals surface area contributed by atoms with Crippen LogP contribution in [0.15, 0.2) is 0 Å². The smallest absolute Gasteiger partial charge is 0.151 e. The Kier molecular flexibility index (Phi) is 13.9. The number of carbonyl (C=O) groups is 1. The number of nitrogens with one attached hydrogen (secondary N) is 1. The second-order valence-corrected chi connectivity index (χ2v) is 4.75. The summed E-state index contributed by atoms with van der Waals surface area (Å²) in [7, 11) is 0. The molecular weight excluding hydrogens is 334 g/mol. The zero-order chi connectivity index (χ0) is 19.4. The molecule has 8 atom stereocenters. The second-order valence-electron chi connectivity index (χ2n) is 4.75. The molecule has 0 aromatic heterocycles. The third-order valence-electron chi connectivity index (χ3n) is 2.87. The number of aldehydes is 1. The van der Waals surface area contributed by atoms with Crippen molar-refractivity contribution in [2.24, 2.45) is 0 Å². The molecule has 0 saturated heterocycles. The van der Waals surface area contributed by atoms with Gasteiger partial charge in [-0.05, 0) is 0 Å². The topological polar surface area (TPSA) is 243 Å². The molecule has 24 heavy (non-hydrogen) atoms. The maximum absolute atomic E-state index is 9.90. The first-order valence-electron chi connectivity index (χ1n) is 6.71. The summed E-state index contributed by atoms with van der Waals surface area (Å²) in [6.45, 7) is -1.48. The summed E-state index contributed by atoms with van der Waals surface area (Å²) < 4.78 is 0. The zero-order valence-corrected chi connectivity index (χ0v) is 12.6. The van der Waals surface area contributed by atoms with Crippen LogP contribution in [0.4, 0.5) is 0 Å². The zero-order valence-electron chi connectivity index (χ0n) is 12.6. The molecule has 0 aliphatic rings. The number of carbonyl (C=O) groups excluding carboxylic acids is 1. The monoisotopic (exact) mass is 359 g/mol. The molecule has 0 bridgehead atoms. The van der Waals surface area contributed by atoms with E-state index in [0.717, 1.165) is 0 Å². The van der Waals surface area contributed by atoms with E-state index >= 15 is 0 Å². The van der Waals surface area contributed by atoms with Crippen molar-refractivity contribution in [3.8, 4) is 0 Å². The van der Waals surface area contributed by atoms with Crippen molar-refractivity contribution in [3.63, 3.8) is 0 Å². The van der Waals surface area contributed by atoms with Gasteiger partial charge in [-0.25, -0.2) is 0 Å². The fourth-order valence-corrected chi connectivity index (χ4v) is 1.25. The standard InChI is InChI=1S/C6H13NO5.C6H12O6/c2*7-1-3(9)5(11)6(12)4(10)2-8/h1,3-12H,2H2;1,3-6,8-12H,2H2. The molecule has 0 aromatic carbocycles. The highest BCUT2D eigenvalue weighted by Gasteiger charge is 2.29. The van der Waals surface area contributed by atoms with Gasteiger partial charge >= 0.3 is 0 Å². The first kappa shape index (κ1) is 25.2. The van der Waals surface area contributed by atoms with Gasteiger partial charge in [-0.1, -0.05) is 0 Å². The van der Waals surface area contributed by atoms with Crippen LogP contribution < -0.4 is 0 Å². The number of hydrogen-bond acceptors (Lipinski definition) is 12. The van der Waals surface area contributed by atoms with Crippen molar-refractivity contribution in [3.05, 3.63) is 0 Å². The average Bonchev–Trinajstić information content (AvgIpc) is 2.62. The molecule has 12 heteroatoms. The highest BCUT2D eigenvalue weighted by atomic mass is 16.4. The normalized spacial score (nSPS) is 21.1. The fraction of sp³-hybridized carbons (Fsp3) is 0.833. The third-order valence-corrected chi connectivity index (χ3v) is 2.87. The first-order chi connectivity index (χ1) is 11.1. The molecule has 0 fully saturated rings. The van der Waals surface area contributed by atoms with E-state index in [1.54, 1.807) is 0 Å². The van der Waals surface area contributed by atoms with Crippen LogP contribution >= 0.6 is 0 Å². The highest BCUT2D eigenvalue weighted by molar-refractivity contribution is 5.59. The van der Waals surface area contributed by atoms with Crippen LogP contribution in [-0.4, -0.2) is 126 Å². The van der Waals surface area contributed by atoms with Crippen molar-refractivity contribution < 1.29 is 55.9 Å². The summed E-state index contributed by atoms with van der Waals surface area (Å²) in [6.07, 6.45) is -12.7. The molecule has 0 heterocycles. The first-order valence-corrected chi connectivity index (χ1v) is 6.71. The summed E-state index contributed by atoms with van der Waals surface area (Å²) in [6, 6.07) is 0. The van der Waals surface area contributed by atoms with E-state index in [1.165, 1.54) is 0 Å². The van der Waals surface area contributed by atoms with Gasteiger partial charge in [0.05, 0.1) is 13.2 Å². The Morgan fingerprint density at radius 1 is 0.667 bits per heavy atom. The minimum absolute atomic E-state index is 0.0258. The van der Waals surface area contributed by atoms with Crippen LogP contribution in [-0.2, 0) is 4.79 Å². The Hall–Kier alpha value is -1.06. The molecular formula is C12H25NO11. The van der Waals surface area contributed by atoms with Crippen LogP contribution in [0.1, 0.15) is 0 Å². The molecule has 0 saturated carbocycles. The molecule has 0 amide bonds. The summed E-state index contributed by atoms with van der Waals surface area (Å²) >= 11 is 0. The Morgan fingerprint density at radius 2 is 1.00 bits per heavy atom. The van der Waals surface area contributed by atoms with Gasteiger partial charge < -0.3 is 61.3 Å². The maximum atomic E-state index is 9.90. The Bertz CT molecular complexity index is 313. The maximum Gasteiger partial charge on any atom is 0.151 e. The molecule has 0 rings (SSSR count). The number of aliphatic hydroxyl groups is 10. The van der Waals surface area contributed by atoms with Gasteiger partial charge in [-0.3, -0.25) is 0 Å². The van der Waals surface area contributed by atoms with E-state index in [9.17, 15) is 4.79 Å². The van der Waals surface area contributed by atoms with Gasteiger partial charge in [0.25, 0.3) is 0 Å². The lowest BCUT2D eigenvalue weighted by Gasteiger charge is -2.23. The van der Waals surface area contributed by atoms with Crippen LogP contribution in [0.5, 0.6) is 0 Å². The van der Waals surface area contributed by atoms with Gasteiger partial charge in [-0.15, -0.1) is 0 Å². The quantitative estimate of drug-likeness (QED) is 0.129. The van der Waals surface area contributed by atoms with Gasteiger partial charge in [0.15, 0.2) is 6.29 Å². The molecule has 11 N–H and O–H groups in total. The van der Waals surface area contributed by atoms with Crippen molar-refractivity contribution in [2.45, 2.75) is 48.8 Å². The van der Waals surface area contributed by atoms with E-state index in [0.29, 0.717) is 6.21 Å². The summed E-state index contributed by atoms with van der Waals surface area (Å²) in [5.74, 6) is 0. The predicted octanol–water partition coefficient (Wildman–Crippen LogP) is -6.31. The molecule has 0 radical (unpaired) electrons. The third kappa shape index (κ3) is 8.70. The van der Waals surface area contributed by atoms with E-state index < -0.39 is 62.0 Å². The largest absolute Gasteiger partial charge is 0.394 e. The van der Waals surface area contributed by atoms with Crippen molar-refractivity contribution in [2.75, 3.05) is 13.2 Å². The van der Waals surface area contributed by atoms with Crippen LogP contribution in [0.3, 0.4) is 0 Å². The summed E-state index contributed by atoms with van der Waals surface area (Å²) in [5, 5.41) is 93.9. The van der Waals surface area contributed by atoms with Crippen LogP contribution in [0, 0.1) is 5.41 Å². The van der Waals surface area contributed by atoms with Crippen molar-refractivity contribution in [1.82, 2.24) is 0 Å². The summed E-state index contributed by atoms with van der Waals surface area (Å²) in [5.41, 5.74) is 0. The van der Waals surface area contributed by atoms with Gasteiger partial charge in [0.1, 0.15) is 48.8 Å². The molecule has 0 aliphatic carbocycles. The number of aliphatic hydroxyl groups excluding tert-OH is 10. The van der Waals surface area contributed by atoms with Crippen molar-refractivity contribution >= 4 is 12.5 Å². The molecule has 0 aliphatic heterocycles. The van der Waals surface area contributed by atoms with Gasteiger partial charge in [0, 0.05) is 6.21 Å². The Balaban J connectivity index is 0. The second kappa shape index (κ2) is 13.3. The van der Waals surface area contributed by atoms with Gasteiger partial charge in [0.2, 0.25) is 0 Å². The predicted molar refractivity (Wildman–Crippen MR) is 77.1 cm³/mol. The molecule has 144 valence electrons. The lowest BCUT2D eigenvalue weighted by atomic mass is 10.0. The lowest BCUT2D eigenvalue weighted by Crippen LogP contribution is -2.46. The summed E-state index contributed by atoms with van der Waals surface area (Å²) in [4.78, 5) is 9.90. The van der Waals surface area contributed by atoms with E-state index in [1.807, 2.05) is 0 Å². The van der Waals surface area contributed by atoms with Crippen LogP contribution in [0.25, 0.3) is 0 Å². The van der Waals surface area contributed by atoms with E-state index in [2.05, 4.69) is 0 Å². The Labute approximate surface area is 137 Å². The van der Waals surface area contributed by atoms with Crippen LogP contribution in [0.2, 0.25) is 0 Å². The minimum atomic E-state index is -1.79. The van der Waals surface area contributed by atoms with E-state index in [4.69, 9.17) is 56.5 Å². The van der Waals surface area contributed by atoms with Crippen molar-refractivity contribution in [1.29, 1.82) is 5.41 Å². The van der Waals surface area contributed by atoms with Gasteiger partial charge in [-0.2, -0.15) is 0 Å². The average molecular weight is 359 g/mol. The molecule has 0 spiro atoms. The molecule has 0 aromatic rings. The number of hydrogen-bond donors (Lipinski definition) is 11. The SMILES string of the molecule is N=CC(O)C(O)C(O)C(O)CO.O=CC(O)C(O)C(O)C(O)CO. The fourth-order valence-electron chi connectivity index (χ4n) is 1.25. The highest BCUT2D eigenvalue weighted by Crippen LogP contribution is 2.03. The molecule has 8 unspecified atom stereocenters. The van der Waals surface area contributed by atoms with E-state index in [-0.39, 0.29) is 6.29 Å². The lowest BCUT2D eigenvalue weighted by molar-refractivity contribution is -0.136. The minimum Gasteiger partial charge on any atom is -0.394 e. The number of rotatable bonds is 10.